The van der Waals surface area contributed by atoms with Gasteiger partial charge in [0.1, 0.15) is 0 Å². The predicted molar refractivity (Wildman–Crippen MR) is 164 cm³/mol. The molecule has 0 bridgehead atoms. The predicted octanol–water partition coefficient (Wildman–Crippen LogP) is 6.23. The molecule has 0 saturated heterocycles. The summed E-state index contributed by atoms with van der Waals surface area (Å²) in [6.45, 7) is 11.3. The van der Waals surface area contributed by atoms with E-state index in [0.29, 0.717) is 36.0 Å². The lowest BCUT2D eigenvalue weighted by molar-refractivity contribution is 0.0983. The molecule has 0 unspecified atom stereocenters. The standard InChI is InChI=1S/C29H34N4O3S2.ClH/c1-5-31(6-2)19-20-32(29-30-26-18-13-22(4)21-27(26)37-29)28(34)23-14-16-25(17-15-23)38(35,36)33(7-3)24-11-9-8-10-12-24;/h8-18,21H,5-7,19-20H2,1-4H3;1H. The largest absolute Gasteiger partial charge is 0.302 e. The number of sulfonamides is 1. The number of hydrogen-bond acceptors (Lipinski definition) is 6. The van der Waals surface area contributed by atoms with Gasteiger partial charge in [-0.1, -0.05) is 49.4 Å². The van der Waals surface area contributed by atoms with Crippen LogP contribution in [0.25, 0.3) is 10.2 Å². The van der Waals surface area contributed by atoms with Crippen molar-refractivity contribution in [3.8, 4) is 0 Å². The number of hydrogen-bond donors (Lipinski definition) is 0. The van der Waals surface area contributed by atoms with Crippen LogP contribution in [0.2, 0.25) is 0 Å². The number of aromatic nitrogens is 1. The fourth-order valence-corrected chi connectivity index (χ4v) is 6.90. The van der Waals surface area contributed by atoms with Crippen molar-refractivity contribution in [3.63, 3.8) is 0 Å². The first-order valence-electron chi connectivity index (χ1n) is 12.9. The average molecular weight is 587 g/mol. The van der Waals surface area contributed by atoms with Crippen molar-refractivity contribution in [2.24, 2.45) is 0 Å². The van der Waals surface area contributed by atoms with Gasteiger partial charge >= 0.3 is 0 Å². The SMILES string of the molecule is CCN(CC)CCN(C(=O)c1ccc(S(=O)(=O)N(CC)c2ccccc2)cc1)c1nc2ccc(C)cc2s1.Cl. The first kappa shape index (κ1) is 30.6. The maximum absolute atomic E-state index is 13.8. The monoisotopic (exact) mass is 586 g/mol. The Morgan fingerprint density at radius 2 is 1.54 bits per heavy atom. The summed E-state index contributed by atoms with van der Waals surface area (Å²) in [6, 6.07) is 21.3. The highest BCUT2D eigenvalue weighted by molar-refractivity contribution is 7.92. The van der Waals surface area contributed by atoms with Crippen LogP contribution in [0, 0.1) is 6.92 Å². The van der Waals surface area contributed by atoms with Gasteiger partial charge in [0.15, 0.2) is 5.13 Å². The average Bonchev–Trinajstić information content (AvgIpc) is 3.34. The van der Waals surface area contributed by atoms with Gasteiger partial charge in [-0.2, -0.15) is 0 Å². The van der Waals surface area contributed by atoms with E-state index < -0.39 is 10.0 Å². The minimum atomic E-state index is -3.78. The summed E-state index contributed by atoms with van der Waals surface area (Å²) in [7, 11) is -3.78. The molecule has 0 aliphatic rings. The second-order valence-electron chi connectivity index (χ2n) is 8.98. The third kappa shape index (κ3) is 6.78. The second-order valence-corrected chi connectivity index (χ2v) is 11.9. The molecule has 0 fully saturated rings. The van der Waals surface area contributed by atoms with Crippen molar-refractivity contribution in [1.82, 2.24) is 9.88 Å². The van der Waals surface area contributed by atoms with Gasteiger partial charge in [0, 0.05) is 25.2 Å². The third-order valence-electron chi connectivity index (χ3n) is 6.56. The number of carbonyl (C=O) groups is 1. The minimum absolute atomic E-state index is 0. The smallest absolute Gasteiger partial charge is 0.264 e. The van der Waals surface area contributed by atoms with Crippen LogP contribution in [0.15, 0.2) is 77.7 Å². The molecule has 10 heteroatoms. The molecule has 0 saturated carbocycles. The van der Waals surface area contributed by atoms with E-state index in [1.807, 2.05) is 37.3 Å². The Bertz CT molecular complexity index is 1490. The van der Waals surface area contributed by atoms with Gasteiger partial charge < -0.3 is 4.90 Å². The summed E-state index contributed by atoms with van der Waals surface area (Å²) in [5.41, 5.74) is 3.02. The molecule has 208 valence electrons. The Labute approximate surface area is 241 Å². The molecular formula is C29H35ClN4O3S2. The number of amides is 1. The van der Waals surface area contributed by atoms with Crippen molar-refractivity contribution in [2.75, 3.05) is 41.9 Å². The van der Waals surface area contributed by atoms with Crippen LogP contribution in [-0.4, -0.2) is 56.9 Å². The number of halogens is 1. The number of aryl methyl sites for hydroxylation is 1. The molecule has 7 nitrogen and oxygen atoms in total. The summed E-state index contributed by atoms with van der Waals surface area (Å²) in [4.78, 5) is 22.6. The van der Waals surface area contributed by atoms with Gasteiger partial charge in [0.05, 0.1) is 20.8 Å². The summed E-state index contributed by atoms with van der Waals surface area (Å²) in [5, 5.41) is 0.640. The molecule has 0 radical (unpaired) electrons. The number of para-hydroxylation sites is 1. The second kappa shape index (κ2) is 13.4. The Kier molecular flexibility index (Phi) is 10.5. The highest BCUT2D eigenvalue weighted by Gasteiger charge is 2.26. The lowest BCUT2D eigenvalue weighted by atomic mass is 10.2. The number of fused-ring (bicyclic) bond motifs is 1. The molecule has 1 amide bonds. The van der Waals surface area contributed by atoms with Gasteiger partial charge in [-0.15, -0.1) is 12.4 Å². The summed E-state index contributed by atoms with van der Waals surface area (Å²) >= 11 is 1.49. The summed E-state index contributed by atoms with van der Waals surface area (Å²) in [5.74, 6) is -0.202. The number of likely N-dealkylation sites (N-methyl/N-ethyl adjacent to an activating group) is 1. The zero-order valence-corrected chi connectivity index (χ0v) is 25.2. The van der Waals surface area contributed by atoms with E-state index in [4.69, 9.17) is 4.98 Å². The quantitative estimate of drug-likeness (QED) is 0.208. The van der Waals surface area contributed by atoms with Gasteiger partial charge in [-0.05, 0) is 81.0 Å². The van der Waals surface area contributed by atoms with Gasteiger partial charge in [0.25, 0.3) is 15.9 Å². The van der Waals surface area contributed by atoms with Crippen LogP contribution in [0.3, 0.4) is 0 Å². The number of nitrogens with zero attached hydrogens (tertiary/aromatic N) is 4. The third-order valence-corrected chi connectivity index (χ3v) is 9.52. The summed E-state index contributed by atoms with van der Waals surface area (Å²) in [6.07, 6.45) is 0. The zero-order valence-electron chi connectivity index (χ0n) is 22.7. The van der Waals surface area contributed by atoms with E-state index >= 15 is 0 Å². The molecule has 1 aromatic heterocycles. The first-order valence-corrected chi connectivity index (χ1v) is 15.1. The maximum Gasteiger partial charge on any atom is 0.264 e. The van der Waals surface area contributed by atoms with E-state index in [9.17, 15) is 13.2 Å². The molecule has 3 aromatic carbocycles. The Balaban J connectivity index is 0.00000420. The fourth-order valence-electron chi connectivity index (χ4n) is 4.34. The Morgan fingerprint density at radius 1 is 0.872 bits per heavy atom. The number of thiazole rings is 1. The molecule has 0 spiro atoms. The number of benzene rings is 3. The molecular weight excluding hydrogens is 552 g/mol. The minimum Gasteiger partial charge on any atom is -0.302 e. The topological polar surface area (TPSA) is 73.8 Å². The van der Waals surface area contributed by atoms with Crippen molar-refractivity contribution >= 4 is 60.7 Å². The van der Waals surface area contributed by atoms with Gasteiger partial charge in [-0.3, -0.25) is 14.0 Å². The summed E-state index contributed by atoms with van der Waals surface area (Å²) < 4.78 is 29.2. The lowest BCUT2D eigenvalue weighted by Gasteiger charge is -2.25. The van der Waals surface area contributed by atoms with E-state index in [1.54, 1.807) is 36.1 Å². The normalized spacial score (nSPS) is 11.4. The number of carbonyl (C=O) groups excluding carboxylic acids is 1. The Morgan fingerprint density at radius 3 is 2.15 bits per heavy atom. The van der Waals surface area contributed by atoms with Crippen LogP contribution >= 0.6 is 23.7 Å². The highest BCUT2D eigenvalue weighted by atomic mass is 35.5. The van der Waals surface area contributed by atoms with Gasteiger partial charge in [0.2, 0.25) is 0 Å². The van der Waals surface area contributed by atoms with Crippen molar-refractivity contribution in [1.29, 1.82) is 0 Å². The van der Waals surface area contributed by atoms with Crippen LogP contribution in [0.4, 0.5) is 10.8 Å². The fraction of sp³-hybridized carbons (Fsp3) is 0.310. The zero-order chi connectivity index (χ0) is 27.3. The van der Waals surface area contributed by atoms with Crippen LogP contribution in [-0.2, 0) is 10.0 Å². The van der Waals surface area contributed by atoms with Crippen LogP contribution in [0.1, 0.15) is 36.7 Å². The molecule has 39 heavy (non-hydrogen) atoms. The molecule has 4 rings (SSSR count). The molecule has 4 aromatic rings. The van der Waals surface area contributed by atoms with E-state index in [-0.39, 0.29) is 23.2 Å². The Hall–Kier alpha value is -2.98. The highest BCUT2D eigenvalue weighted by Crippen LogP contribution is 2.31. The van der Waals surface area contributed by atoms with Crippen LogP contribution in [0.5, 0.6) is 0 Å². The van der Waals surface area contributed by atoms with Crippen molar-refractivity contribution in [2.45, 2.75) is 32.6 Å². The molecule has 0 N–H and O–H groups in total. The molecule has 0 aliphatic carbocycles. The number of rotatable bonds is 11. The van der Waals surface area contributed by atoms with Crippen LogP contribution < -0.4 is 9.21 Å². The van der Waals surface area contributed by atoms with Gasteiger partial charge in [-0.25, -0.2) is 13.4 Å². The first-order chi connectivity index (χ1) is 18.3. The van der Waals surface area contributed by atoms with Crippen molar-refractivity contribution in [3.05, 3.63) is 83.9 Å². The van der Waals surface area contributed by atoms with E-state index in [1.165, 1.54) is 27.8 Å². The van der Waals surface area contributed by atoms with Crippen molar-refractivity contribution < 1.29 is 13.2 Å². The molecule has 1 heterocycles. The molecule has 0 aliphatic heterocycles. The van der Waals surface area contributed by atoms with E-state index in [0.717, 1.165) is 28.9 Å². The number of anilines is 2. The van der Waals surface area contributed by atoms with E-state index in [2.05, 4.69) is 24.8 Å². The maximum atomic E-state index is 13.8. The molecule has 0 atom stereocenters. The lowest BCUT2D eigenvalue weighted by Crippen LogP contribution is -2.39.